The largest absolute Gasteiger partial charge is 0.438 e. The average molecular weight is 192 g/mol. The number of aliphatic hydroxyl groups is 2. The van der Waals surface area contributed by atoms with Crippen molar-refractivity contribution in [1.29, 1.82) is 0 Å². The number of carbonyl (C=O) groups is 2. The lowest BCUT2D eigenvalue weighted by molar-refractivity contribution is -0.178. The molecule has 0 spiro atoms. The molecule has 0 rings (SSSR count). The van der Waals surface area contributed by atoms with E-state index in [1.165, 1.54) is 13.8 Å². The molecule has 0 aromatic carbocycles. The fraction of sp³-hybridized carbons (Fsp3) is 0.714. The summed E-state index contributed by atoms with van der Waals surface area (Å²) in [4.78, 5) is 22.0. The molecule has 0 unspecified atom stereocenters. The lowest BCUT2D eigenvalue weighted by atomic mass is 9.94. The van der Waals surface area contributed by atoms with Gasteiger partial charge in [0.15, 0.2) is 19.0 Å². The van der Waals surface area contributed by atoms with Crippen molar-refractivity contribution in [2.24, 2.45) is 5.41 Å². The van der Waals surface area contributed by atoms with Gasteiger partial charge in [0.25, 0.3) is 0 Å². The highest BCUT2D eigenvalue weighted by Gasteiger charge is 2.39. The van der Waals surface area contributed by atoms with E-state index in [0.717, 1.165) is 0 Å². The molecule has 0 aromatic heterocycles. The van der Waals surface area contributed by atoms with Crippen LogP contribution in [0.5, 0.6) is 0 Å². The molecule has 0 saturated heterocycles. The van der Waals surface area contributed by atoms with Crippen molar-refractivity contribution in [3.63, 3.8) is 0 Å². The van der Waals surface area contributed by atoms with Crippen molar-refractivity contribution in [3.8, 4) is 0 Å². The maximum Gasteiger partial charge on any atom is 0.325 e. The van der Waals surface area contributed by atoms with Crippen LogP contribution in [-0.4, -0.2) is 35.7 Å². The van der Waals surface area contributed by atoms with Gasteiger partial charge < -0.3 is 19.7 Å². The van der Waals surface area contributed by atoms with Crippen LogP contribution < -0.4 is 0 Å². The van der Waals surface area contributed by atoms with Gasteiger partial charge in [0, 0.05) is 0 Å². The minimum absolute atomic E-state index is 0.797. The topological polar surface area (TPSA) is 93.1 Å². The molecule has 0 heterocycles. The Morgan fingerprint density at radius 2 is 1.38 bits per heavy atom. The summed E-state index contributed by atoms with van der Waals surface area (Å²) in [5, 5.41) is 16.5. The highest BCUT2D eigenvalue weighted by atomic mass is 16.6. The molecule has 0 fully saturated rings. The summed E-state index contributed by atoms with van der Waals surface area (Å²) < 4.78 is 8.42. The Morgan fingerprint density at radius 1 is 1.08 bits per heavy atom. The standard InChI is InChI=1S/C7H12O6/c1-7(2,5(10)12-3-8)6(11)13-4-9/h8-9H,3-4H2,1-2H3. The van der Waals surface area contributed by atoms with Crippen molar-refractivity contribution in [2.75, 3.05) is 13.6 Å². The predicted molar refractivity (Wildman–Crippen MR) is 40.1 cm³/mol. The molecule has 0 aliphatic rings. The summed E-state index contributed by atoms with van der Waals surface area (Å²) in [5.41, 5.74) is -1.52. The van der Waals surface area contributed by atoms with E-state index >= 15 is 0 Å². The van der Waals surface area contributed by atoms with E-state index in [0.29, 0.717) is 0 Å². The normalized spacial score (nSPS) is 10.8. The first-order valence-corrected chi connectivity index (χ1v) is 3.53. The second-order valence-corrected chi connectivity index (χ2v) is 2.75. The zero-order valence-corrected chi connectivity index (χ0v) is 7.44. The lowest BCUT2D eigenvalue weighted by Gasteiger charge is -2.18. The minimum Gasteiger partial charge on any atom is -0.438 e. The van der Waals surface area contributed by atoms with E-state index in [9.17, 15) is 9.59 Å². The molecule has 0 amide bonds. The second kappa shape index (κ2) is 4.78. The Balaban J connectivity index is 4.36. The zero-order valence-electron chi connectivity index (χ0n) is 7.44. The van der Waals surface area contributed by atoms with Crippen LogP contribution in [0.1, 0.15) is 13.8 Å². The molecule has 0 aromatic rings. The Hall–Kier alpha value is -1.14. The molecular formula is C7H12O6. The predicted octanol–water partition coefficient (Wildman–Crippen LogP) is -1.00. The van der Waals surface area contributed by atoms with Gasteiger partial charge in [0.05, 0.1) is 0 Å². The third kappa shape index (κ3) is 3.00. The monoisotopic (exact) mass is 192 g/mol. The lowest BCUT2D eigenvalue weighted by Crippen LogP contribution is -2.36. The molecule has 0 aliphatic heterocycles. The summed E-state index contributed by atoms with van der Waals surface area (Å²) >= 11 is 0. The molecule has 0 bridgehead atoms. The molecule has 0 radical (unpaired) electrons. The third-order valence-corrected chi connectivity index (χ3v) is 1.41. The molecule has 0 aliphatic carbocycles. The van der Waals surface area contributed by atoms with Crippen molar-refractivity contribution in [3.05, 3.63) is 0 Å². The first-order valence-electron chi connectivity index (χ1n) is 3.53. The Bertz CT molecular complexity index is 177. The SMILES string of the molecule is CC(C)(C(=O)OCO)C(=O)OCO. The van der Waals surface area contributed by atoms with E-state index < -0.39 is 30.9 Å². The Kier molecular flexibility index (Phi) is 4.36. The minimum atomic E-state index is -1.52. The van der Waals surface area contributed by atoms with Gasteiger partial charge in [-0.1, -0.05) is 0 Å². The maximum absolute atomic E-state index is 11.0. The van der Waals surface area contributed by atoms with Crippen LogP contribution >= 0.6 is 0 Å². The highest BCUT2D eigenvalue weighted by molar-refractivity contribution is 5.98. The number of rotatable bonds is 4. The van der Waals surface area contributed by atoms with E-state index in [1.807, 2.05) is 0 Å². The van der Waals surface area contributed by atoms with Gasteiger partial charge in [-0.3, -0.25) is 9.59 Å². The second-order valence-electron chi connectivity index (χ2n) is 2.75. The fourth-order valence-electron chi connectivity index (χ4n) is 0.561. The molecule has 6 nitrogen and oxygen atoms in total. The fourth-order valence-corrected chi connectivity index (χ4v) is 0.561. The van der Waals surface area contributed by atoms with Crippen LogP contribution in [0.3, 0.4) is 0 Å². The highest BCUT2D eigenvalue weighted by Crippen LogP contribution is 2.19. The van der Waals surface area contributed by atoms with Crippen molar-refractivity contribution in [2.45, 2.75) is 13.8 Å². The molecule has 2 N–H and O–H groups in total. The Morgan fingerprint density at radius 3 is 1.62 bits per heavy atom. The molecule has 0 saturated carbocycles. The van der Waals surface area contributed by atoms with Gasteiger partial charge >= 0.3 is 11.9 Å². The molecular weight excluding hydrogens is 180 g/mol. The quantitative estimate of drug-likeness (QED) is 0.337. The van der Waals surface area contributed by atoms with Crippen molar-refractivity contribution >= 4 is 11.9 Å². The van der Waals surface area contributed by atoms with Crippen molar-refractivity contribution in [1.82, 2.24) is 0 Å². The number of carbonyl (C=O) groups excluding carboxylic acids is 2. The zero-order chi connectivity index (χ0) is 10.5. The molecule has 76 valence electrons. The number of ether oxygens (including phenoxy) is 2. The van der Waals surface area contributed by atoms with Crippen LogP contribution in [0.2, 0.25) is 0 Å². The van der Waals surface area contributed by atoms with Gasteiger partial charge in [-0.05, 0) is 13.8 Å². The number of aliphatic hydroxyl groups excluding tert-OH is 2. The van der Waals surface area contributed by atoms with Crippen LogP contribution in [0, 0.1) is 5.41 Å². The summed E-state index contributed by atoms with van der Waals surface area (Å²) in [7, 11) is 0. The van der Waals surface area contributed by atoms with E-state index in [2.05, 4.69) is 9.47 Å². The van der Waals surface area contributed by atoms with E-state index in [1.54, 1.807) is 0 Å². The number of esters is 2. The maximum atomic E-state index is 11.0. The number of hydrogen-bond acceptors (Lipinski definition) is 6. The van der Waals surface area contributed by atoms with Gasteiger partial charge in [-0.15, -0.1) is 0 Å². The summed E-state index contributed by atoms with van der Waals surface area (Å²) in [5.74, 6) is -1.82. The van der Waals surface area contributed by atoms with Gasteiger partial charge in [0.2, 0.25) is 0 Å². The smallest absolute Gasteiger partial charge is 0.325 e. The third-order valence-electron chi connectivity index (χ3n) is 1.41. The molecule has 13 heavy (non-hydrogen) atoms. The van der Waals surface area contributed by atoms with Gasteiger partial charge in [-0.25, -0.2) is 0 Å². The summed E-state index contributed by atoms with van der Waals surface area (Å²) in [6.07, 6.45) is 0. The van der Waals surface area contributed by atoms with E-state index in [-0.39, 0.29) is 0 Å². The first-order chi connectivity index (χ1) is 5.96. The summed E-state index contributed by atoms with van der Waals surface area (Å²) in [6, 6.07) is 0. The van der Waals surface area contributed by atoms with Crippen LogP contribution in [-0.2, 0) is 19.1 Å². The Labute approximate surface area is 75.1 Å². The molecule has 0 atom stereocenters. The van der Waals surface area contributed by atoms with Crippen LogP contribution in [0.4, 0.5) is 0 Å². The van der Waals surface area contributed by atoms with Gasteiger partial charge in [-0.2, -0.15) is 0 Å². The average Bonchev–Trinajstić information content (AvgIpc) is 2.05. The van der Waals surface area contributed by atoms with Gasteiger partial charge in [0.1, 0.15) is 0 Å². The first kappa shape index (κ1) is 11.9. The van der Waals surface area contributed by atoms with Crippen LogP contribution in [0.15, 0.2) is 0 Å². The van der Waals surface area contributed by atoms with E-state index in [4.69, 9.17) is 10.2 Å². The van der Waals surface area contributed by atoms with Crippen molar-refractivity contribution < 1.29 is 29.3 Å². The van der Waals surface area contributed by atoms with Crippen LogP contribution in [0.25, 0.3) is 0 Å². The number of hydrogen-bond donors (Lipinski definition) is 2. The molecule has 6 heteroatoms. The summed E-state index contributed by atoms with van der Waals surface area (Å²) in [6.45, 7) is 0.940.